The predicted molar refractivity (Wildman–Crippen MR) is 82.8 cm³/mol. The smallest absolute Gasteiger partial charge is 0.244 e. The Morgan fingerprint density at radius 3 is 3.00 bits per heavy atom. The molecule has 1 aliphatic rings. The topological polar surface area (TPSA) is 62.5 Å². The maximum atomic E-state index is 11.6. The molecule has 0 saturated heterocycles. The molecule has 21 heavy (non-hydrogen) atoms. The maximum absolute atomic E-state index is 11.6. The Kier molecular flexibility index (Phi) is 5.62. The van der Waals surface area contributed by atoms with Crippen LogP contribution in [0.3, 0.4) is 0 Å². The van der Waals surface area contributed by atoms with Crippen LogP contribution in [0.15, 0.2) is 22.6 Å². The summed E-state index contributed by atoms with van der Waals surface area (Å²) in [6, 6.07) is 3.91. The van der Waals surface area contributed by atoms with E-state index in [1.54, 1.807) is 6.08 Å². The molecule has 1 saturated carbocycles. The number of nitrogens with one attached hydrogen (secondary N) is 1. The SMILES string of the molecule is CC(CO)CCCNC(=O)/C=C/c1ccc(C2CC2C)o1. The molecule has 1 aromatic rings. The van der Waals surface area contributed by atoms with Gasteiger partial charge in [0, 0.05) is 25.1 Å². The molecule has 2 rings (SSSR count). The van der Waals surface area contributed by atoms with Gasteiger partial charge in [-0.3, -0.25) is 4.79 Å². The van der Waals surface area contributed by atoms with Gasteiger partial charge in [-0.15, -0.1) is 0 Å². The van der Waals surface area contributed by atoms with Crippen LogP contribution in [0.25, 0.3) is 6.08 Å². The minimum atomic E-state index is -0.107. The fourth-order valence-corrected chi connectivity index (χ4v) is 2.35. The van der Waals surface area contributed by atoms with Crippen molar-refractivity contribution in [2.24, 2.45) is 11.8 Å². The zero-order chi connectivity index (χ0) is 15.2. The summed E-state index contributed by atoms with van der Waals surface area (Å²) in [6.07, 6.45) is 6.22. The molecule has 0 aliphatic heterocycles. The van der Waals surface area contributed by atoms with Crippen molar-refractivity contribution in [3.8, 4) is 0 Å². The number of rotatable bonds is 8. The van der Waals surface area contributed by atoms with Crippen molar-refractivity contribution >= 4 is 12.0 Å². The molecule has 4 heteroatoms. The Hall–Kier alpha value is -1.55. The monoisotopic (exact) mass is 291 g/mol. The highest BCUT2D eigenvalue weighted by Gasteiger charge is 2.36. The summed E-state index contributed by atoms with van der Waals surface area (Å²) in [5, 5.41) is 11.7. The summed E-state index contributed by atoms with van der Waals surface area (Å²) < 4.78 is 5.71. The van der Waals surface area contributed by atoms with Crippen molar-refractivity contribution in [2.75, 3.05) is 13.2 Å². The molecule has 0 spiro atoms. The normalized spacial score (nSPS) is 22.4. The number of aliphatic hydroxyl groups is 1. The zero-order valence-electron chi connectivity index (χ0n) is 12.8. The predicted octanol–water partition coefficient (Wildman–Crippen LogP) is 2.94. The largest absolute Gasteiger partial charge is 0.461 e. The van der Waals surface area contributed by atoms with E-state index < -0.39 is 0 Å². The van der Waals surface area contributed by atoms with E-state index in [2.05, 4.69) is 12.2 Å². The Morgan fingerprint density at radius 2 is 2.33 bits per heavy atom. The highest BCUT2D eigenvalue weighted by Crippen LogP contribution is 2.47. The molecular weight excluding hydrogens is 266 g/mol. The van der Waals surface area contributed by atoms with Crippen molar-refractivity contribution in [3.05, 3.63) is 29.7 Å². The van der Waals surface area contributed by atoms with Crippen molar-refractivity contribution in [3.63, 3.8) is 0 Å². The standard InChI is InChI=1S/C17H25NO3/c1-12(11-19)4-3-9-18-17(20)8-6-14-5-7-16(21-14)15-10-13(15)2/h5-8,12-13,15,19H,3-4,9-11H2,1-2H3,(H,18,20)/b8-6+. The number of amides is 1. The van der Waals surface area contributed by atoms with Crippen LogP contribution in [0.5, 0.6) is 0 Å². The van der Waals surface area contributed by atoms with Crippen LogP contribution < -0.4 is 5.32 Å². The molecule has 1 aromatic heterocycles. The van der Waals surface area contributed by atoms with Gasteiger partial charge in [0.1, 0.15) is 11.5 Å². The van der Waals surface area contributed by atoms with Crippen LogP contribution in [0.4, 0.5) is 0 Å². The average Bonchev–Trinajstić information content (AvgIpc) is 3.02. The Balaban J connectivity index is 1.68. The first-order chi connectivity index (χ1) is 10.1. The second kappa shape index (κ2) is 7.46. The first-order valence-electron chi connectivity index (χ1n) is 7.76. The molecule has 3 atom stereocenters. The van der Waals surface area contributed by atoms with Crippen LogP contribution >= 0.6 is 0 Å². The van der Waals surface area contributed by atoms with Gasteiger partial charge in [-0.25, -0.2) is 0 Å². The maximum Gasteiger partial charge on any atom is 0.244 e. The number of aliphatic hydroxyl groups excluding tert-OH is 1. The molecule has 1 aliphatic carbocycles. The molecular formula is C17H25NO3. The molecule has 2 N–H and O–H groups in total. The highest BCUT2D eigenvalue weighted by molar-refractivity contribution is 5.91. The third kappa shape index (κ3) is 5.05. The van der Waals surface area contributed by atoms with E-state index in [1.807, 2.05) is 19.1 Å². The first-order valence-corrected chi connectivity index (χ1v) is 7.76. The minimum Gasteiger partial charge on any atom is -0.461 e. The third-order valence-electron chi connectivity index (χ3n) is 4.01. The molecule has 4 nitrogen and oxygen atoms in total. The number of hydrogen-bond acceptors (Lipinski definition) is 3. The summed E-state index contributed by atoms with van der Waals surface area (Å²) in [4.78, 5) is 11.6. The number of carbonyl (C=O) groups excluding carboxylic acids is 1. The van der Waals surface area contributed by atoms with Crippen molar-refractivity contribution in [2.45, 2.75) is 39.0 Å². The van der Waals surface area contributed by atoms with Crippen LogP contribution in [-0.4, -0.2) is 24.2 Å². The molecule has 0 radical (unpaired) electrons. The second-order valence-electron chi connectivity index (χ2n) is 6.11. The van der Waals surface area contributed by atoms with Gasteiger partial charge in [-0.1, -0.05) is 13.8 Å². The number of hydrogen-bond donors (Lipinski definition) is 2. The fourth-order valence-electron chi connectivity index (χ4n) is 2.35. The molecule has 1 amide bonds. The number of furan rings is 1. The van der Waals surface area contributed by atoms with Crippen LogP contribution in [0, 0.1) is 11.8 Å². The first kappa shape index (κ1) is 15.8. The van der Waals surface area contributed by atoms with Crippen LogP contribution in [0.2, 0.25) is 0 Å². The fraction of sp³-hybridized carbons (Fsp3) is 0.588. The van der Waals surface area contributed by atoms with E-state index in [9.17, 15) is 4.79 Å². The van der Waals surface area contributed by atoms with E-state index in [0.29, 0.717) is 18.4 Å². The van der Waals surface area contributed by atoms with Gasteiger partial charge in [0.2, 0.25) is 5.91 Å². The molecule has 3 unspecified atom stereocenters. The summed E-state index contributed by atoms with van der Waals surface area (Å²) in [6.45, 7) is 5.05. The zero-order valence-corrected chi connectivity index (χ0v) is 12.8. The summed E-state index contributed by atoms with van der Waals surface area (Å²) in [7, 11) is 0. The Bertz CT molecular complexity index is 492. The lowest BCUT2D eigenvalue weighted by Gasteiger charge is -2.07. The van der Waals surface area contributed by atoms with Gasteiger partial charge in [-0.05, 0) is 49.3 Å². The molecule has 1 heterocycles. The van der Waals surface area contributed by atoms with Gasteiger partial charge in [0.15, 0.2) is 0 Å². The van der Waals surface area contributed by atoms with E-state index in [0.717, 1.165) is 30.3 Å². The van der Waals surface area contributed by atoms with Crippen molar-refractivity contribution in [1.82, 2.24) is 5.32 Å². The van der Waals surface area contributed by atoms with Crippen LogP contribution in [0.1, 0.15) is 50.5 Å². The summed E-state index contributed by atoms with van der Waals surface area (Å²) in [5.74, 6) is 3.23. The summed E-state index contributed by atoms with van der Waals surface area (Å²) >= 11 is 0. The van der Waals surface area contributed by atoms with Gasteiger partial charge in [-0.2, -0.15) is 0 Å². The van der Waals surface area contributed by atoms with E-state index in [1.165, 1.54) is 12.5 Å². The van der Waals surface area contributed by atoms with Gasteiger partial charge in [0.05, 0.1) is 0 Å². The molecule has 1 fully saturated rings. The lowest BCUT2D eigenvalue weighted by atomic mass is 10.1. The minimum absolute atomic E-state index is 0.107. The number of carbonyl (C=O) groups is 1. The quantitative estimate of drug-likeness (QED) is 0.572. The van der Waals surface area contributed by atoms with Crippen molar-refractivity contribution in [1.29, 1.82) is 0 Å². The Morgan fingerprint density at radius 1 is 1.57 bits per heavy atom. The second-order valence-corrected chi connectivity index (χ2v) is 6.11. The molecule has 0 bridgehead atoms. The average molecular weight is 291 g/mol. The lowest BCUT2D eigenvalue weighted by Crippen LogP contribution is -2.22. The van der Waals surface area contributed by atoms with E-state index >= 15 is 0 Å². The Labute approximate surface area is 126 Å². The lowest BCUT2D eigenvalue weighted by molar-refractivity contribution is -0.116. The summed E-state index contributed by atoms with van der Waals surface area (Å²) in [5.41, 5.74) is 0. The molecule has 116 valence electrons. The van der Waals surface area contributed by atoms with Crippen molar-refractivity contribution < 1.29 is 14.3 Å². The molecule has 0 aromatic carbocycles. The van der Waals surface area contributed by atoms with Crippen LogP contribution in [-0.2, 0) is 4.79 Å². The van der Waals surface area contributed by atoms with E-state index in [-0.39, 0.29) is 12.5 Å². The van der Waals surface area contributed by atoms with Gasteiger partial charge in [0.25, 0.3) is 0 Å². The van der Waals surface area contributed by atoms with Gasteiger partial charge < -0.3 is 14.8 Å². The van der Waals surface area contributed by atoms with E-state index in [4.69, 9.17) is 9.52 Å². The highest BCUT2D eigenvalue weighted by atomic mass is 16.3. The third-order valence-corrected chi connectivity index (χ3v) is 4.01. The van der Waals surface area contributed by atoms with Gasteiger partial charge >= 0.3 is 0 Å².